The zero-order valence-corrected chi connectivity index (χ0v) is 26.8. The van der Waals surface area contributed by atoms with Gasteiger partial charge in [-0.1, -0.05) is 25.7 Å². The number of hydrogen-bond donors (Lipinski definition) is 4. The number of rotatable bonds is 6. The Kier molecular flexibility index (Phi) is 14.3. The second kappa shape index (κ2) is 17.2. The molecule has 0 spiro atoms. The lowest BCUT2D eigenvalue weighted by atomic mass is 9.91. The molecule has 4 aliphatic carbocycles. The van der Waals surface area contributed by atoms with E-state index in [2.05, 4.69) is 10.6 Å². The van der Waals surface area contributed by atoms with Crippen LogP contribution in [0.1, 0.15) is 128 Å². The molecule has 0 bridgehead atoms. The molecule has 8 N–H and O–H groups in total. The van der Waals surface area contributed by atoms with E-state index < -0.39 is 41.4 Å². The summed E-state index contributed by atoms with van der Waals surface area (Å²) in [5.74, 6) is 0. The summed E-state index contributed by atoms with van der Waals surface area (Å²) in [6.07, 6.45) is 29.9. The fourth-order valence-corrected chi connectivity index (χ4v) is 8.40. The van der Waals surface area contributed by atoms with Crippen molar-refractivity contribution in [2.24, 2.45) is 0 Å². The number of nitrogen functional groups attached to an aromatic ring is 2. The number of nitrogens with two attached hydrogens (primary N) is 4. The van der Waals surface area contributed by atoms with Crippen molar-refractivity contribution in [2.75, 3.05) is 11.5 Å². The average Bonchev–Trinajstić information content (AvgIpc) is 2.95. The van der Waals surface area contributed by atoms with E-state index in [4.69, 9.17) is 11.5 Å². The van der Waals surface area contributed by atoms with Crippen LogP contribution in [-0.4, -0.2) is 50.1 Å². The van der Waals surface area contributed by atoms with Crippen LogP contribution in [0.4, 0.5) is 11.4 Å². The molecule has 4 fully saturated rings. The molecule has 4 aliphatic rings. The minimum Gasteiger partial charge on any atom is -0.744 e. The van der Waals surface area contributed by atoms with Crippen molar-refractivity contribution in [3.63, 3.8) is 0 Å². The van der Waals surface area contributed by atoms with E-state index in [1.54, 1.807) is 0 Å². The van der Waals surface area contributed by atoms with E-state index in [9.17, 15) is 25.9 Å². The number of anilines is 2. The summed E-state index contributed by atoms with van der Waals surface area (Å²) in [4.78, 5) is -1.98. The summed E-state index contributed by atoms with van der Waals surface area (Å²) in [6.45, 7) is 0. The summed E-state index contributed by atoms with van der Waals surface area (Å²) < 4.78 is 64.0. The molecule has 1 aromatic carbocycles. The molecule has 4 saturated carbocycles. The van der Waals surface area contributed by atoms with Crippen molar-refractivity contribution in [3.8, 4) is 0 Å². The number of hydrogen-bond acceptors (Lipinski definition) is 8. The standard InChI is InChI=1S/2C12H23N.C6H8N2O6S2/c2*1-3-7-11(8-4-1)13-12-9-5-2-6-10-12;7-3-1-4(8)6(16(12,13)14)2-5(3)15(9,10)11/h2*11-13H,1-10H2;1-2H,7-8H2,(H,9,10,11)(H,12,13,14). The fourth-order valence-electron chi connectivity index (χ4n) is 7.10. The zero-order valence-electron chi connectivity index (χ0n) is 25.2. The number of benzene rings is 1. The summed E-state index contributed by atoms with van der Waals surface area (Å²) in [5, 5.41) is 5.44. The van der Waals surface area contributed by atoms with Crippen molar-refractivity contribution >= 4 is 31.6 Å². The van der Waals surface area contributed by atoms with Crippen molar-refractivity contribution in [2.45, 2.75) is 162 Å². The lowest BCUT2D eigenvalue weighted by Crippen LogP contribution is -2.95. The van der Waals surface area contributed by atoms with Gasteiger partial charge in [-0.2, -0.15) is 0 Å². The quantitative estimate of drug-likeness (QED) is 0.271. The van der Waals surface area contributed by atoms with Crippen LogP contribution in [0.2, 0.25) is 0 Å². The monoisotopic (exact) mass is 630 g/mol. The molecular weight excluding hydrogens is 576 g/mol. The second-order valence-corrected chi connectivity index (χ2v) is 15.5. The van der Waals surface area contributed by atoms with Gasteiger partial charge in [0.1, 0.15) is 20.2 Å². The minimum absolute atomic E-state index is 0.356. The van der Waals surface area contributed by atoms with E-state index in [0.29, 0.717) is 6.07 Å². The minimum atomic E-state index is -4.97. The van der Waals surface area contributed by atoms with Crippen LogP contribution >= 0.6 is 0 Å². The Morgan fingerprint density at radius 3 is 0.929 bits per heavy atom. The first-order valence-corrected chi connectivity index (χ1v) is 19.1. The molecule has 10 nitrogen and oxygen atoms in total. The maximum absolute atomic E-state index is 10.7. The summed E-state index contributed by atoms with van der Waals surface area (Å²) in [5.41, 5.74) is 9.30. The van der Waals surface area contributed by atoms with Crippen molar-refractivity contribution < 1.29 is 36.6 Å². The molecule has 0 heterocycles. The zero-order chi connectivity index (χ0) is 30.6. The predicted octanol–water partition coefficient (Wildman–Crippen LogP) is 3.09. The van der Waals surface area contributed by atoms with Gasteiger partial charge < -0.3 is 31.2 Å². The van der Waals surface area contributed by atoms with Crippen LogP contribution in [0.3, 0.4) is 0 Å². The Labute approximate surface area is 253 Å². The van der Waals surface area contributed by atoms with Gasteiger partial charge in [0.15, 0.2) is 0 Å². The van der Waals surface area contributed by atoms with Gasteiger partial charge in [0, 0.05) is 0 Å². The molecule has 0 saturated heterocycles. The Morgan fingerprint density at radius 1 is 0.476 bits per heavy atom. The molecule has 1 aromatic rings. The highest BCUT2D eigenvalue weighted by molar-refractivity contribution is 7.86. The van der Waals surface area contributed by atoms with Gasteiger partial charge in [0.2, 0.25) is 0 Å². The van der Waals surface area contributed by atoms with Crippen LogP contribution < -0.4 is 22.1 Å². The third-order valence-corrected chi connectivity index (χ3v) is 11.2. The SMILES string of the molecule is C1CCC([NH2+]C2CCCCC2)CC1.C1CCC([NH2+]C2CCCCC2)CC1.Nc1cc(N)c(S(=O)(=O)[O-])cc1S(=O)(=O)[O-]. The van der Waals surface area contributed by atoms with Gasteiger partial charge in [-0.25, -0.2) is 16.8 Å². The fraction of sp³-hybridized carbons (Fsp3) is 0.800. The van der Waals surface area contributed by atoms with Crippen LogP contribution in [0.25, 0.3) is 0 Å². The van der Waals surface area contributed by atoms with Gasteiger partial charge in [0.25, 0.3) is 0 Å². The average molecular weight is 631 g/mol. The smallest absolute Gasteiger partial charge is 0.126 e. The van der Waals surface area contributed by atoms with E-state index in [-0.39, 0.29) is 0 Å². The van der Waals surface area contributed by atoms with Crippen LogP contribution in [0, 0.1) is 0 Å². The second-order valence-electron chi connectivity index (χ2n) is 12.8. The van der Waals surface area contributed by atoms with E-state index in [1.165, 1.54) is 128 Å². The molecule has 0 aromatic heterocycles. The van der Waals surface area contributed by atoms with E-state index in [1.807, 2.05) is 0 Å². The third kappa shape index (κ3) is 12.3. The van der Waals surface area contributed by atoms with Crippen molar-refractivity contribution in [3.05, 3.63) is 12.1 Å². The Balaban J connectivity index is 0.000000174. The highest BCUT2D eigenvalue weighted by Gasteiger charge is 2.24. The van der Waals surface area contributed by atoms with Crippen LogP contribution in [0.5, 0.6) is 0 Å². The highest BCUT2D eigenvalue weighted by Crippen LogP contribution is 2.28. The molecular formula is C30H54N4O6S2. The predicted molar refractivity (Wildman–Crippen MR) is 163 cm³/mol. The van der Waals surface area contributed by atoms with Gasteiger partial charge in [-0.3, -0.25) is 0 Å². The summed E-state index contributed by atoms with van der Waals surface area (Å²) >= 11 is 0. The molecule has 0 amide bonds. The maximum atomic E-state index is 10.7. The lowest BCUT2D eigenvalue weighted by Gasteiger charge is -2.27. The Morgan fingerprint density at radius 2 is 0.714 bits per heavy atom. The molecule has 0 atom stereocenters. The Hall–Kier alpha value is -1.44. The van der Waals surface area contributed by atoms with Crippen molar-refractivity contribution in [1.82, 2.24) is 0 Å². The van der Waals surface area contributed by atoms with Crippen LogP contribution in [-0.2, 0) is 20.2 Å². The van der Waals surface area contributed by atoms with Crippen LogP contribution in [0.15, 0.2) is 21.9 Å². The molecule has 5 rings (SSSR count). The number of quaternary nitrogens is 2. The lowest BCUT2D eigenvalue weighted by molar-refractivity contribution is -0.726. The normalized spacial score (nSPS) is 22.0. The maximum Gasteiger partial charge on any atom is 0.126 e. The first-order valence-electron chi connectivity index (χ1n) is 16.2. The highest BCUT2D eigenvalue weighted by atomic mass is 32.2. The van der Waals surface area contributed by atoms with E-state index >= 15 is 0 Å². The first kappa shape index (κ1) is 35.0. The summed E-state index contributed by atoms with van der Waals surface area (Å²) in [6, 6.07) is 5.08. The largest absolute Gasteiger partial charge is 0.744 e. The molecule has 0 unspecified atom stereocenters. The third-order valence-electron chi connectivity index (χ3n) is 9.37. The molecule has 42 heavy (non-hydrogen) atoms. The van der Waals surface area contributed by atoms with Gasteiger partial charge in [-0.05, 0) is 115 Å². The van der Waals surface area contributed by atoms with Crippen molar-refractivity contribution in [1.29, 1.82) is 0 Å². The first-order chi connectivity index (χ1) is 19.9. The van der Waals surface area contributed by atoms with Gasteiger partial charge in [0.05, 0.1) is 45.3 Å². The summed E-state index contributed by atoms with van der Waals surface area (Å²) in [7, 11) is -9.93. The topological polar surface area (TPSA) is 200 Å². The molecule has 0 radical (unpaired) electrons. The Bertz CT molecular complexity index is 1040. The van der Waals surface area contributed by atoms with Gasteiger partial charge >= 0.3 is 0 Å². The molecule has 242 valence electrons. The molecule has 12 heteroatoms. The van der Waals surface area contributed by atoms with Gasteiger partial charge in [-0.15, -0.1) is 0 Å². The molecule has 0 aliphatic heterocycles. The van der Waals surface area contributed by atoms with E-state index in [0.717, 1.165) is 30.2 Å².